The van der Waals surface area contributed by atoms with Gasteiger partial charge in [-0.2, -0.15) is 10.2 Å². The van der Waals surface area contributed by atoms with E-state index in [4.69, 9.17) is 4.42 Å². The Morgan fingerprint density at radius 3 is 2.60 bits per heavy atom. The molecular weight excluding hydrogens is 318 g/mol. The molecule has 7 nitrogen and oxygen atoms in total. The van der Waals surface area contributed by atoms with E-state index in [9.17, 15) is 4.79 Å². The molecule has 0 unspecified atom stereocenters. The second-order valence-electron chi connectivity index (χ2n) is 6.43. The molecule has 0 radical (unpaired) electrons. The summed E-state index contributed by atoms with van der Waals surface area (Å²) in [6, 6.07) is 5.56. The van der Waals surface area contributed by atoms with Crippen LogP contribution in [-0.2, 0) is 20.1 Å². The van der Waals surface area contributed by atoms with Crippen LogP contribution in [0.3, 0.4) is 0 Å². The van der Waals surface area contributed by atoms with E-state index in [1.807, 2.05) is 50.8 Å². The number of hydrogen-bond donors (Lipinski definition) is 0. The van der Waals surface area contributed by atoms with Gasteiger partial charge in [-0.15, -0.1) is 0 Å². The number of nitrogens with zero attached hydrogens (tertiary/aromatic N) is 5. The van der Waals surface area contributed by atoms with Gasteiger partial charge in [0.1, 0.15) is 5.76 Å². The van der Waals surface area contributed by atoms with Gasteiger partial charge in [0.15, 0.2) is 5.76 Å². The van der Waals surface area contributed by atoms with Crippen LogP contribution >= 0.6 is 0 Å². The molecule has 3 aromatic heterocycles. The molecule has 0 aliphatic heterocycles. The van der Waals surface area contributed by atoms with Gasteiger partial charge in [-0.1, -0.05) is 0 Å². The third-order valence-electron chi connectivity index (χ3n) is 4.15. The van der Waals surface area contributed by atoms with Crippen molar-refractivity contribution < 1.29 is 9.21 Å². The quantitative estimate of drug-likeness (QED) is 0.715. The summed E-state index contributed by atoms with van der Waals surface area (Å²) >= 11 is 0. The fourth-order valence-electron chi connectivity index (χ4n) is 2.88. The predicted molar refractivity (Wildman–Crippen MR) is 93.3 cm³/mol. The van der Waals surface area contributed by atoms with E-state index in [0.29, 0.717) is 24.6 Å². The van der Waals surface area contributed by atoms with Crippen molar-refractivity contribution in [2.24, 2.45) is 7.05 Å². The maximum Gasteiger partial charge on any atom is 0.289 e. The highest BCUT2D eigenvalue weighted by atomic mass is 16.4. The second-order valence-corrected chi connectivity index (χ2v) is 6.43. The van der Waals surface area contributed by atoms with Gasteiger partial charge in [0.25, 0.3) is 5.91 Å². The number of carbonyl (C=O) groups excluding carboxylic acids is 1. The number of carbonyl (C=O) groups is 1. The second kappa shape index (κ2) is 6.58. The van der Waals surface area contributed by atoms with Gasteiger partial charge in [0, 0.05) is 38.1 Å². The Balaban J connectivity index is 1.69. The van der Waals surface area contributed by atoms with Crippen LogP contribution in [0.1, 0.15) is 39.0 Å². The van der Waals surface area contributed by atoms with Crippen LogP contribution in [-0.4, -0.2) is 37.4 Å². The topological polar surface area (TPSA) is 69.1 Å². The molecule has 3 heterocycles. The average Bonchev–Trinajstić information content (AvgIpc) is 3.20. The van der Waals surface area contributed by atoms with E-state index in [0.717, 1.165) is 22.6 Å². The number of hydrogen-bond acceptors (Lipinski definition) is 4. The first-order valence-electron chi connectivity index (χ1n) is 8.18. The number of furan rings is 1. The fourth-order valence-corrected chi connectivity index (χ4v) is 2.88. The highest BCUT2D eigenvalue weighted by molar-refractivity contribution is 5.91. The third kappa shape index (κ3) is 3.65. The highest BCUT2D eigenvalue weighted by Crippen LogP contribution is 2.15. The molecule has 0 aliphatic carbocycles. The Bertz CT molecular complexity index is 903. The lowest BCUT2D eigenvalue weighted by Crippen LogP contribution is -2.26. The van der Waals surface area contributed by atoms with Crippen molar-refractivity contribution in [3.05, 3.63) is 58.6 Å². The largest absolute Gasteiger partial charge is 0.454 e. The summed E-state index contributed by atoms with van der Waals surface area (Å²) in [6.07, 6.45) is 1.93. The van der Waals surface area contributed by atoms with Crippen molar-refractivity contribution in [3.63, 3.8) is 0 Å². The van der Waals surface area contributed by atoms with Crippen molar-refractivity contribution >= 4 is 5.91 Å². The molecule has 0 aliphatic rings. The van der Waals surface area contributed by atoms with Gasteiger partial charge in [-0.3, -0.25) is 14.2 Å². The number of amides is 1. The third-order valence-corrected chi connectivity index (χ3v) is 4.15. The summed E-state index contributed by atoms with van der Waals surface area (Å²) in [5, 5.41) is 8.72. The van der Waals surface area contributed by atoms with Crippen LogP contribution in [0.25, 0.3) is 0 Å². The van der Waals surface area contributed by atoms with E-state index >= 15 is 0 Å². The first kappa shape index (κ1) is 17.0. The first-order chi connectivity index (χ1) is 11.8. The number of aryl methyl sites for hydroxylation is 4. The molecule has 25 heavy (non-hydrogen) atoms. The molecule has 132 valence electrons. The normalized spacial score (nSPS) is 11.1. The molecular formula is C18H23N5O2. The Morgan fingerprint density at radius 2 is 2.00 bits per heavy atom. The summed E-state index contributed by atoms with van der Waals surface area (Å²) in [5.41, 5.74) is 3.97. The lowest BCUT2D eigenvalue weighted by molar-refractivity contribution is 0.0751. The predicted octanol–water partition coefficient (Wildman–Crippen LogP) is 2.46. The SMILES string of the molecule is Cc1cc(C)n(Cc2ccc(C(=O)N(C)Cc3cn(C)nc3C)o2)n1. The summed E-state index contributed by atoms with van der Waals surface area (Å²) in [5.74, 6) is 0.893. The zero-order valence-corrected chi connectivity index (χ0v) is 15.3. The lowest BCUT2D eigenvalue weighted by atomic mass is 10.2. The van der Waals surface area contributed by atoms with Crippen LogP contribution < -0.4 is 0 Å². The first-order valence-corrected chi connectivity index (χ1v) is 8.18. The highest BCUT2D eigenvalue weighted by Gasteiger charge is 2.18. The van der Waals surface area contributed by atoms with Crippen molar-refractivity contribution in [1.82, 2.24) is 24.5 Å². The van der Waals surface area contributed by atoms with Gasteiger partial charge in [-0.05, 0) is 39.0 Å². The zero-order chi connectivity index (χ0) is 18.1. The zero-order valence-electron chi connectivity index (χ0n) is 15.3. The molecule has 1 amide bonds. The Kier molecular flexibility index (Phi) is 4.48. The minimum Gasteiger partial charge on any atom is -0.454 e. The van der Waals surface area contributed by atoms with Crippen LogP contribution in [0.5, 0.6) is 0 Å². The van der Waals surface area contributed by atoms with E-state index < -0.39 is 0 Å². The maximum absolute atomic E-state index is 12.6. The molecule has 3 rings (SSSR count). The minimum atomic E-state index is -0.150. The van der Waals surface area contributed by atoms with E-state index in [1.54, 1.807) is 22.7 Å². The molecule has 0 N–H and O–H groups in total. The van der Waals surface area contributed by atoms with Crippen LogP contribution in [0.4, 0.5) is 0 Å². The summed E-state index contributed by atoms with van der Waals surface area (Å²) in [4.78, 5) is 14.2. The molecule has 3 aromatic rings. The van der Waals surface area contributed by atoms with Crippen LogP contribution in [0.2, 0.25) is 0 Å². The Morgan fingerprint density at radius 1 is 1.24 bits per heavy atom. The molecule has 7 heteroatoms. The smallest absolute Gasteiger partial charge is 0.289 e. The number of rotatable bonds is 5. The van der Waals surface area contributed by atoms with E-state index in [1.165, 1.54) is 0 Å². The van der Waals surface area contributed by atoms with Crippen molar-refractivity contribution in [2.45, 2.75) is 33.9 Å². The molecule has 0 atom stereocenters. The fraction of sp³-hybridized carbons (Fsp3) is 0.389. The minimum absolute atomic E-state index is 0.150. The average molecular weight is 341 g/mol. The number of aromatic nitrogens is 4. The van der Waals surface area contributed by atoms with E-state index in [-0.39, 0.29) is 5.91 Å². The van der Waals surface area contributed by atoms with Gasteiger partial charge in [0.2, 0.25) is 0 Å². The summed E-state index contributed by atoms with van der Waals surface area (Å²) in [7, 11) is 3.63. The van der Waals surface area contributed by atoms with Crippen molar-refractivity contribution in [3.8, 4) is 0 Å². The van der Waals surface area contributed by atoms with Crippen molar-refractivity contribution in [2.75, 3.05) is 7.05 Å². The lowest BCUT2D eigenvalue weighted by Gasteiger charge is -2.15. The molecule has 0 bridgehead atoms. The van der Waals surface area contributed by atoms with E-state index in [2.05, 4.69) is 10.2 Å². The van der Waals surface area contributed by atoms with Gasteiger partial charge >= 0.3 is 0 Å². The Labute approximate surface area is 146 Å². The summed E-state index contributed by atoms with van der Waals surface area (Å²) < 4.78 is 9.35. The van der Waals surface area contributed by atoms with Gasteiger partial charge < -0.3 is 9.32 Å². The van der Waals surface area contributed by atoms with Crippen molar-refractivity contribution in [1.29, 1.82) is 0 Å². The molecule has 0 saturated carbocycles. The monoisotopic (exact) mass is 341 g/mol. The molecule has 0 saturated heterocycles. The molecule has 0 fully saturated rings. The van der Waals surface area contributed by atoms with Crippen LogP contribution in [0, 0.1) is 20.8 Å². The standard InChI is InChI=1S/C18H23N5O2/c1-12-8-13(2)23(19-12)11-16-6-7-17(25-16)18(24)21(4)9-15-10-22(5)20-14(15)3/h6-8,10H,9,11H2,1-5H3. The maximum atomic E-state index is 12.6. The van der Waals surface area contributed by atoms with Gasteiger partial charge in [-0.25, -0.2) is 0 Å². The molecule has 0 aromatic carbocycles. The van der Waals surface area contributed by atoms with Gasteiger partial charge in [0.05, 0.1) is 17.9 Å². The van der Waals surface area contributed by atoms with Crippen LogP contribution in [0.15, 0.2) is 28.8 Å². The Hall–Kier alpha value is -2.83. The molecule has 0 spiro atoms. The summed E-state index contributed by atoms with van der Waals surface area (Å²) in [6.45, 7) is 6.90.